The Kier molecular flexibility index (Phi) is 2.60. The number of nitrogens with zero attached hydrogens (tertiary/aromatic N) is 3. The minimum absolute atomic E-state index is 0.605. The van der Waals surface area contributed by atoms with Gasteiger partial charge in [0, 0.05) is 12.0 Å². The van der Waals surface area contributed by atoms with Gasteiger partial charge in [-0.15, -0.1) is 0 Å². The molecule has 2 aromatic heterocycles. The highest BCUT2D eigenvalue weighted by atomic mass is 15.3. The molecule has 3 N–H and O–H groups in total. The molecule has 3 aromatic rings. The molecule has 0 fully saturated rings. The number of aromatic amines is 1. The molecule has 1 aromatic carbocycles. The highest BCUT2D eigenvalue weighted by Gasteiger charge is 2.12. The lowest BCUT2D eigenvalue weighted by Crippen LogP contribution is -2.06. The highest BCUT2D eigenvalue weighted by Crippen LogP contribution is 2.17. The fourth-order valence-electron chi connectivity index (χ4n) is 2.12. The fraction of sp³-hybridized carbons (Fsp3) is 0.231. The fourth-order valence-corrected chi connectivity index (χ4v) is 2.12. The van der Waals surface area contributed by atoms with E-state index in [1.165, 1.54) is 0 Å². The Labute approximate surface area is 105 Å². The summed E-state index contributed by atoms with van der Waals surface area (Å²) in [7, 11) is 0. The Balaban J connectivity index is 2.12. The molecular weight excluding hydrogens is 226 g/mol. The quantitative estimate of drug-likeness (QED) is 0.730. The molecule has 18 heavy (non-hydrogen) atoms. The van der Waals surface area contributed by atoms with Crippen molar-refractivity contribution >= 4 is 5.78 Å². The van der Waals surface area contributed by atoms with E-state index in [0.29, 0.717) is 12.3 Å². The van der Waals surface area contributed by atoms with Gasteiger partial charge in [0.1, 0.15) is 0 Å². The number of H-pyrrole nitrogens is 1. The molecular formula is C13H15N5. The Morgan fingerprint density at radius 2 is 2.00 bits per heavy atom. The number of nitrogens with one attached hydrogen (secondary N) is 1. The lowest BCUT2D eigenvalue weighted by molar-refractivity contribution is 0.835. The van der Waals surface area contributed by atoms with Gasteiger partial charge < -0.3 is 5.73 Å². The van der Waals surface area contributed by atoms with Crippen molar-refractivity contribution in [2.75, 3.05) is 6.54 Å². The third-order valence-corrected chi connectivity index (χ3v) is 3.01. The molecule has 0 atom stereocenters. The monoisotopic (exact) mass is 241 g/mol. The van der Waals surface area contributed by atoms with Gasteiger partial charge >= 0.3 is 0 Å². The van der Waals surface area contributed by atoms with E-state index in [0.717, 1.165) is 29.2 Å². The van der Waals surface area contributed by atoms with Crippen molar-refractivity contribution < 1.29 is 0 Å². The lowest BCUT2D eigenvalue weighted by Gasteiger charge is -1.98. The molecule has 5 nitrogen and oxygen atoms in total. The van der Waals surface area contributed by atoms with E-state index in [1.54, 1.807) is 0 Å². The molecule has 0 aliphatic rings. The number of fused-ring (bicyclic) bond motifs is 1. The first kappa shape index (κ1) is 11.0. The van der Waals surface area contributed by atoms with E-state index in [9.17, 15) is 0 Å². The number of imidazole rings is 1. The number of aromatic nitrogens is 4. The minimum Gasteiger partial charge on any atom is -0.330 e. The van der Waals surface area contributed by atoms with Crippen LogP contribution < -0.4 is 5.73 Å². The van der Waals surface area contributed by atoms with Crippen molar-refractivity contribution in [3.63, 3.8) is 0 Å². The molecule has 3 rings (SSSR count). The lowest BCUT2D eigenvalue weighted by atomic mass is 10.2. The summed E-state index contributed by atoms with van der Waals surface area (Å²) in [5.41, 5.74) is 8.76. The van der Waals surface area contributed by atoms with Crippen molar-refractivity contribution in [3.05, 3.63) is 41.7 Å². The van der Waals surface area contributed by atoms with Crippen LogP contribution >= 0.6 is 0 Å². The molecule has 0 unspecified atom stereocenters. The molecule has 0 aliphatic heterocycles. The van der Waals surface area contributed by atoms with E-state index < -0.39 is 0 Å². The number of hydrogen-bond donors (Lipinski definition) is 2. The normalized spacial score (nSPS) is 11.2. The van der Waals surface area contributed by atoms with Crippen LogP contribution in [-0.2, 0) is 6.42 Å². The maximum Gasteiger partial charge on any atom is 0.251 e. The second-order valence-corrected chi connectivity index (χ2v) is 4.26. The van der Waals surface area contributed by atoms with Gasteiger partial charge in [-0.1, -0.05) is 30.3 Å². The zero-order chi connectivity index (χ0) is 12.5. The zero-order valence-electron chi connectivity index (χ0n) is 10.2. The van der Waals surface area contributed by atoms with E-state index in [4.69, 9.17) is 5.73 Å². The summed E-state index contributed by atoms with van der Waals surface area (Å²) < 4.78 is 1.92. The maximum atomic E-state index is 5.62. The van der Waals surface area contributed by atoms with E-state index in [-0.39, 0.29) is 0 Å². The smallest absolute Gasteiger partial charge is 0.251 e. The topological polar surface area (TPSA) is 72.0 Å². The van der Waals surface area contributed by atoms with Crippen LogP contribution in [0.25, 0.3) is 17.2 Å². The Hall–Kier alpha value is -2.14. The number of nitrogens with two attached hydrogens (primary N) is 1. The van der Waals surface area contributed by atoms with Gasteiger partial charge in [-0.25, -0.2) is 9.50 Å². The number of benzene rings is 1. The SMILES string of the molecule is Cc1nc2nc(-c3ccccc3)[nH]n2c1CCN. The summed E-state index contributed by atoms with van der Waals surface area (Å²) in [6, 6.07) is 10.0. The zero-order valence-corrected chi connectivity index (χ0v) is 10.2. The predicted octanol–water partition coefficient (Wildman–Crippen LogP) is 1.53. The van der Waals surface area contributed by atoms with Crippen LogP contribution in [0, 0.1) is 6.92 Å². The summed E-state index contributed by atoms with van der Waals surface area (Å²) in [5, 5.41) is 3.27. The van der Waals surface area contributed by atoms with Gasteiger partial charge in [-0.3, -0.25) is 5.10 Å². The van der Waals surface area contributed by atoms with Gasteiger partial charge in [-0.05, 0) is 13.5 Å². The molecule has 5 heteroatoms. The standard InChI is InChI=1S/C13H15N5/c1-9-11(7-8-14)18-13(15-9)16-12(17-18)10-5-3-2-4-6-10/h2-6H,7-8,14H2,1H3,(H,15,16,17). The van der Waals surface area contributed by atoms with Crippen LogP contribution in [0.1, 0.15) is 11.4 Å². The van der Waals surface area contributed by atoms with E-state index >= 15 is 0 Å². The van der Waals surface area contributed by atoms with Crippen molar-refractivity contribution in [3.8, 4) is 11.4 Å². The number of aryl methyl sites for hydroxylation is 1. The third-order valence-electron chi connectivity index (χ3n) is 3.01. The average Bonchev–Trinajstić information content (AvgIpc) is 2.91. The molecule has 92 valence electrons. The molecule has 0 bridgehead atoms. The second-order valence-electron chi connectivity index (χ2n) is 4.26. The number of hydrogen-bond acceptors (Lipinski definition) is 3. The first-order valence-electron chi connectivity index (χ1n) is 5.99. The predicted molar refractivity (Wildman–Crippen MR) is 70.3 cm³/mol. The van der Waals surface area contributed by atoms with Crippen molar-refractivity contribution in [1.82, 2.24) is 19.6 Å². The van der Waals surface area contributed by atoms with E-state index in [2.05, 4.69) is 15.1 Å². The van der Waals surface area contributed by atoms with Gasteiger partial charge in [0.05, 0.1) is 11.4 Å². The van der Waals surface area contributed by atoms with Gasteiger partial charge in [0.2, 0.25) is 0 Å². The molecule has 0 spiro atoms. The van der Waals surface area contributed by atoms with Gasteiger partial charge in [0.25, 0.3) is 5.78 Å². The van der Waals surface area contributed by atoms with Crippen LogP contribution in [0.3, 0.4) is 0 Å². The van der Waals surface area contributed by atoms with Crippen molar-refractivity contribution in [2.24, 2.45) is 5.73 Å². The first-order chi connectivity index (χ1) is 8.79. The molecule has 0 saturated heterocycles. The third kappa shape index (κ3) is 1.69. The molecule has 2 heterocycles. The number of rotatable bonds is 3. The minimum atomic E-state index is 0.605. The summed E-state index contributed by atoms with van der Waals surface area (Å²) >= 11 is 0. The Bertz CT molecular complexity index is 665. The summed E-state index contributed by atoms with van der Waals surface area (Å²) in [6.45, 7) is 2.59. The molecule has 0 aliphatic carbocycles. The van der Waals surface area contributed by atoms with Crippen LogP contribution in [0.15, 0.2) is 30.3 Å². The van der Waals surface area contributed by atoms with Crippen LogP contribution in [0.2, 0.25) is 0 Å². The maximum absolute atomic E-state index is 5.62. The highest BCUT2D eigenvalue weighted by molar-refractivity contribution is 5.57. The first-order valence-corrected chi connectivity index (χ1v) is 5.99. The van der Waals surface area contributed by atoms with Gasteiger partial charge in [0.15, 0.2) is 5.82 Å². The summed E-state index contributed by atoms with van der Waals surface area (Å²) in [6.07, 6.45) is 0.795. The summed E-state index contributed by atoms with van der Waals surface area (Å²) in [4.78, 5) is 8.95. The van der Waals surface area contributed by atoms with Crippen LogP contribution in [-0.4, -0.2) is 26.1 Å². The summed E-state index contributed by atoms with van der Waals surface area (Å²) in [5.74, 6) is 1.53. The van der Waals surface area contributed by atoms with Crippen LogP contribution in [0.4, 0.5) is 0 Å². The van der Waals surface area contributed by atoms with Crippen LogP contribution in [0.5, 0.6) is 0 Å². The van der Waals surface area contributed by atoms with E-state index in [1.807, 2.05) is 41.8 Å². The van der Waals surface area contributed by atoms with Crippen molar-refractivity contribution in [2.45, 2.75) is 13.3 Å². The molecule has 0 radical (unpaired) electrons. The molecule has 0 saturated carbocycles. The van der Waals surface area contributed by atoms with Crippen molar-refractivity contribution in [1.29, 1.82) is 0 Å². The average molecular weight is 241 g/mol. The Morgan fingerprint density at radius 3 is 2.72 bits per heavy atom. The molecule has 0 amide bonds. The second kappa shape index (κ2) is 4.27. The van der Waals surface area contributed by atoms with Gasteiger partial charge in [-0.2, -0.15) is 4.98 Å². The Morgan fingerprint density at radius 1 is 1.22 bits per heavy atom. The largest absolute Gasteiger partial charge is 0.330 e.